The lowest BCUT2D eigenvalue weighted by molar-refractivity contribution is -0.234. The van der Waals surface area contributed by atoms with E-state index in [1.807, 2.05) is 0 Å². The van der Waals surface area contributed by atoms with Crippen molar-refractivity contribution in [3.8, 4) is 0 Å². The number of fused-ring (bicyclic) bond motifs is 2. The van der Waals surface area contributed by atoms with Crippen LogP contribution in [-0.4, -0.2) is 47.3 Å². The summed E-state index contributed by atoms with van der Waals surface area (Å²) >= 11 is 0. The van der Waals surface area contributed by atoms with E-state index in [4.69, 9.17) is 14.2 Å². The van der Waals surface area contributed by atoms with Gasteiger partial charge in [0.1, 0.15) is 11.7 Å². The average molecular weight is 571 g/mol. The number of carbonyl (C=O) groups excluding carboxylic acids is 3. The zero-order chi connectivity index (χ0) is 29.5. The van der Waals surface area contributed by atoms with E-state index in [0.717, 1.165) is 12.8 Å². The van der Waals surface area contributed by atoms with Gasteiger partial charge in [0, 0.05) is 23.0 Å². The van der Waals surface area contributed by atoms with E-state index >= 15 is 0 Å². The summed E-state index contributed by atoms with van der Waals surface area (Å²) in [7, 11) is 0. The summed E-state index contributed by atoms with van der Waals surface area (Å²) in [5, 5.41) is 9.73. The summed E-state index contributed by atoms with van der Waals surface area (Å²) in [6.45, 7) is 10.9. The van der Waals surface area contributed by atoms with Crippen molar-refractivity contribution < 1.29 is 38.5 Å². The first-order valence-electron chi connectivity index (χ1n) is 15.5. The molecule has 6 bridgehead atoms. The monoisotopic (exact) mass is 570 g/mol. The molecule has 0 spiro atoms. The van der Waals surface area contributed by atoms with Gasteiger partial charge in [-0.15, -0.1) is 0 Å². The Morgan fingerprint density at radius 3 is 1.90 bits per heavy atom. The Balaban J connectivity index is 1.26. The number of rotatable bonds is 11. The normalized spacial score (nSPS) is 38.5. The van der Waals surface area contributed by atoms with Crippen molar-refractivity contribution in [1.82, 2.24) is 0 Å². The lowest BCUT2D eigenvalue weighted by Gasteiger charge is -2.61. The highest BCUT2D eigenvalue weighted by molar-refractivity contribution is 5.88. The summed E-state index contributed by atoms with van der Waals surface area (Å²) in [4.78, 5) is 50.1. The number of aliphatic carboxylic acids is 1. The Labute approximate surface area is 243 Å². The van der Waals surface area contributed by atoms with Crippen LogP contribution in [0.4, 0.5) is 0 Å². The van der Waals surface area contributed by atoms with Gasteiger partial charge in [-0.1, -0.05) is 32.4 Å². The van der Waals surface area contributed by atoms with Gasteiger partial charge in [0.25, 0.3) is 0 Å². The summed E-state index contributed by atoms with van der Waals surface area (Å²) in [6.07, 6.45) is 10.2. The average Bonchev–Trinajstić information content (AvgIpc) is 2.86. The van der Waals surface area contributed by atoms with E-state index in [9.17, 15) is 24.3 Å². The number of carboxylic acids is 1. The molecule has 2 unspecified atom stereocenters. The van der Waals surface area contributed by atoms with Crippen LogP contribution in [0.3, 0.4) is 0 Å². The predicted molar refractivity (Wildman–Crippen MR) is 150 cm³/mol. The summed E-state index contributed by atoms with van der Waals surface area (Å²) < 4.78 is 17.7. The third-order valence-electron chi connectivity index (χ3n) is 11.1. The molecule has 6 saturated carbocycles. The number of carbonyl (C=O) groups is 4. The predicted octanol–water partition coefficient (Wildman–Crippen LogP) is 5.78. The largest absolute Gasteiger partial charge is 0.481 e. The van der Waals surface area contributed by atoms with E-state index in [-0.39, 0.29) is 65.7 Å². The third-order valence-corrected chi connectivity index (χ3v) is 11.1. The first-order chi connectivity index (χ1) is 19.4. The number of hydrogen-bond donors (Lipinski definition) is 1. The second-order valence-electron chi connectivity index (χ2n) is 14.2. The highest BCUT2D eigenvalue weighted by atomic mass is 16.6. The first-order valence-corrected chi connectivity index (χ1v) is 15.5. The summed E-state index contributed by atoms with van der Waals surface area (Å²) in [5.74, 6) is -0.674. The third kappa shape index (κ3) is 6.12. The lowest BCUT2D eigenvalue weighted by Crippen LogP contribution is -2.64. The number of esters is 3. The van der Waals surface area contributed by atoms with Crippen molar-refractivity contribution in [1.29, 1.82) is 0 Å². The van der Waals surface area contributed by atoms with Crippen LogP contribution < -0.4 is 0 Å². The smallest absolute Gasteiger partial charge is 0.333 e. The van der Waals surface area contributed by atoms with Crippen LogP contribution in [0.15, 0.2) is 24.3 Å². The van der Waals surface area contributed by atoms with Crippen LogP contribution in [-0.2, 0) is 33.4 Å². The van der Waals surface area contributed by atoms with E-state index in [0.29, 0.717) is 55.9 Å². The van der Waals surface area contributed by atoms with Gasteiger partial charge in [-0.05, 0) is 94.3 Å². The Kier molecular flexibility index (Phi) is 8.41. The lowest BCUT2D eigenvalue weighted by atomic mass is 9.48. The summed E-state index contributed by atoms with van der Waals surface area (Å²) in [6, 6.07) is 0. The Hall–Kier alpha value is -2.64. The maximum atomic E-state index is 13.6. The molecule has 6 aliphatic carbocycles. The zero-order valence-corrected chi connectivity index (χ0v) is 24.7. The molecule has 0 heterocycles. The second-order valence-corrected chi connectivity index (χ2v) is 14.2. The van der Waals surface area contributed by atoms with Crippen molar-refractivity contribution in [2.24, 2.45) is 40.9 Å². The fourth-order valence-electron chi connectivity index (χ4n) is 9.58. The second kappa shape index (κ2) is 11.6. The molecule has 6 aliphatic rings. The molecule has 0 aliphatic heterocycles. The van der Waals surface area contributed by atoms with Gasteiger partial charge in [-0.2, -0.15) is 0 Å². The molecule has 226 valence electrons. The zero-order valence-electron chi connectivity index (χ0n) is 24.7. The van der Waals surface area contributed by atoms with Gasteiger partial charge < -0.3 is 19.3 Å². The van der Waals surface area contributed by atoms with Gasteiger partial charge >= 0.3 is 23.9 Å². The minimum Gasteiger partial charge on any atom is -0.481 e. The minimum absolute atomic E-state index is 0.0635. The Morgan fingerprint density at radius 1 is 0.829 bits per heavy atom. The van der Waals surface area contributed by atoms with Crippen LogP contribution >= 0.6 is 0 Å². The molecule has 6 fully saturated rings. The van der Waals surface area contributed by atoms with Crippen LogP contribution in [0.1, 0.15) is 97.3 Å². The van der Waals surface area contributed by atoms with E-state index in [2.05, 4.69) is 13.2 Å². The van der Waals surface area contributed by atoms with Crippen LogP contribution in [0.25, 0.3) is 0 Å². The molecule has 0 radical (unpaired) electrons. The van der Waals surface area contributed by atoms with E-state index < -0.39 is 17.5 Å². The molecule has 8 nitrogen and oxygen atoms in total. The number of carboxylic acid groups (broad SMARTS) is 1. The quantitative estimate of drug-likeness (QED) is 0.189. The number of hydrogen-bond acceptors (Lipinski definition) is 7. The fourth-order valence-corrected chi connectivity index (χ4v) is 9.58. The van der Waals surface area contributed by atoms with Gasteiger partial charge in [-0.3, -0.25) is 9.59 Å². The molecule has 41 heavy (non-hydrogen) atoms. The molecule has 1 N–H and O–H groups in total. The maximum Gasteiger partial charge on any atom is 0.333 e. The van der Waals surface area contributed by atoms with Crippen molar-refractivity contribution in [2.75, 3.05) is 6.61 Å². The van der Waals surface area contributed by atoms with Crippen molar-refractivity contribution >= 4 is 23.9 Å². The van der Waals surface area contributed by atoms with Crippen molar-refractivity contribution in [3.63, 3.8) is 0 Å². The van der Waals surface area contributed by atoms with Gasteiger partial charge in [0.2, 0.25) is 0 Å². The minimum atomic E-state index is -1.02. The van der Waals surface area contributed by atoms with E-state index in [1.54, 1.807) is 13.8 Å². The van der Waals surface area contributed by atoms with Crippen molar-refractivity contribution in [2.45, 2.75) is 109 Å². The Morgan fingerprint density at radius 2 is 1.39 bits per heavy atom. The topological polar surface area (TPSA) is 116 Å². The van der Waals surface area contributed by atoms with Gasteiger partial charge in [0.15, 0.2) is 0 Å². The van der Waals surface area contributed by atoms with Crippen LogP contribution in [0, 0.1) is 40.9 Å². The highest BCUT2D eigenvalue weighted by Crippen LogP contribution is 2.62. The molecule has 8 heteroatoms. The van der Waals surface area contributed by atoms with E-state index in [1.165, 1.54) is 25.7 Å². The first kappa shape index (κ1) is 29.8. The molecule has 6 rings (SSSR count). The number of ether oxygens (including phenoxy) is 3. The van der Waals surface area contributed by atoms with Crippen LogP contribution in [0.5, 0.6) is 0 Å². The standard InChI is InChI=1S/C33H46O8/c1-19(2)30(37)39-9-8-32(15-21-6-5-7-22(10-21)16-32)18-28(36)40-29-23-11-25-13-24(29)14-26(12-23)33(25,17-27(34)35)41-31(38)20(3)4/h21-26,29H,1,3,5-18H2,2,4H3,(H,34,35). The Bertz CT molecular complexity index is 1060. The molecule has 0 amide bonds. The molecular weight excluding hydrogens is 524 g/mol. The molecule has 0 aromatic heterocycles. The SMILES string of the molecule is C=C(C)C(=O)OCCC1(CC(=O)OC2C3CC4CC2CC(C3)C4(CC(=O)O)OC(=O)C(=C)C)CC2CCCC(C2)C1. The molecule has 2 atom stereocenters. The highest BCUT2D eigenvalue weighted by Gasteiger charge is 2.64. The van der Waals surface area contributed by atoms with Crippen LogP contribution in [0.2, 0.25) is 0 Å². The fraction of sp³-hybridized carbons (Fsp3) is 0.758. The van der Waals surface area contributed by atoms with Gasteiger partial charge in [-0.25, -0.2) is 9.59 Å². The molecular formula is C33H46O8. The summed E-state index contributed by atoms with van der Waals surface area (Å²) in [5.41, 5.74) is -0.595. The molecule has 0 aromatic carbocycles. The van der Waals surface area contributed by atoms with Crippen molar-refractivity contribution in [3.05, 3.63) is 24.3 Å². The molecule has 0 aromatic rings. The molecule has 0 saturated heterocycles. The maximum absolute atomic E-state index is 13.6. The van der Waals surface area contributed by atoms with Gasteiger partial charge in [0.05, 0.1) is 19.4 Å².